The van der Waals surface area contributed by atoms with Crippen LogP contribution in [0.1, 0.15) is 16.7 Å². The summed E-state index contributed by atoms with van der Waals surface area (Å²) in [6, 6.07) is 6.07. The van der Waals surface area contributed by atoms with Gasteiger partial charge in [0.25, 0.3) is 0 Å². The van der Waals surface area contributed by atoms with E-state index >= 15 is 0 Å². The van der Waals surface area contributed by atoms with E-state index in [9.17, 15) is 0 Å². The average molecular weight is 314 g/mol. The summed E-state index contributed by atoms with van der Waals surface area (Å²) < 4.78 is 1.78. The number of rotatable bonds is 1. The van der Waals surface area contributed by atoms with Gasteiger partial charge in [-0.05, 0) is 42.2 Å². The molecule has 0 saturated heterocycles. The Balaban J connectivity index is 1.79. The Hall–Kier alpha value is -2.14. The van der Waals surface area contributed by atoms with Crippen molar-refractivity contribution < 1.29 is 0 Å². The van der Waals surface area contributed by atoms with Crippen LogP contribution in [0.2, 0.25) is 5.02 Å². The van der Waals surface area contributed by atoms with Crippen LogP contribution in [0.3, 0.4) is 0 Å². The number of halogens is 1. The van der Waals surface area contributed by atoms with E-state index in [0.29, 0.717) is 0 Å². The van der Waals surface area contributed by atoms with Crippen molar-refractivity contribution >= 4 is 28.5 Å². The molecule has 0 saturated carbocycles. The highest BCUT2D eigenvalue weighted by molar-refractivity contribution is 6.31. The third-order valence-corrected chi connectivity index (χ3v) is 4.85. The summed E-state index contributed by atoms with van der Waals surface area (Å²) in [5, 5.41) is 9.20. The highest BCUT2D eigenvalue weighted by atomic mass is 35.5. The van der Waals surface area contributed by atoms with Gasteiger partial charge in [-0.2, -0.15) is 0 Å². The van der Waals surface area contributed by atoms with Crippen LogP contribution in [-0.2, 0) is 20.0 Å². The Bertz CT molecular complexity index is 870. The van der Waals surface area contributed by atoms with E-state index in [1.54, 1.807) is 4.68 Å². The second-order valence-corrected chi connectivity index (χ2v) is 6.10. The molecule has 2 aromatic heterocycles. The monoisotopic (exact) mass is 313 g/mol. The second kappa shape index (κ2) is 4.95. The standard InChI is InChI=1S/C16H16ClN5/c1-10-12-9-22(8-6-11(12)3-4-13(10)17)16-15-14(5-7-18-16)21(2)20-19-15/h3-5,7H,6,8-9H2,1-2H3. The van der Waals surface area contributed by atoms with Crippen LogP contribution in [0.4, 0.5) is 5.82 Å². The fourth-order valence-corrected chi connectivity index (χ4v) is 3.30. The highest BCUT2D eigenvalue weighted by Gasteiger charge is 2.22. The van der Waals surface area contributed by atoms with E-state index in [0.717, 1.165) is 46.9 Å². The number of nitrogens with zero attached hydrogens (tertiary/aromatic N) is 5. The molecular formula is C16H16ClN5. The summed E-state index contributed by atoms with van der Waals surface area (Å²) in [5.41, 5.74) is 5.70. The summed E-state index contributed by atoms with van der Waals surface area (Å²) >= 11 is 6.28. The first-order valence-electron chi connectivity index (χ1n) is 7.31. The molecule has 0 amide bonds. The number of benzene rings is 1. The molecule has 112 valence electrons. The Morgan fingerprint density at radius 3 is 2.95 bits per heavy atom. The summed E-state index contributed by atoms with van der Waals surface area (Å²) in [5.74, 6) is 0.899. The smallest absolute Gasteiger partial charge is 0.159 e. The largest absolute Gasteiger partial charge is 0.350 e. The van der Waals surface area contributed by atoms with Gasteiger partial charge in [-0.25, -0.2) is 9.67 Å². The molecule has 6 heteroatoms. The van der Waals surface area contributed by atoms with E-state index in [2.05, 4.69) is 33.2 Å². The molecule has 0 spiro atoms. The van der Waals surface area contributed by atoms with Crippen LogP contribution in [0.5, 0.6) is 0 Å². The van der Waals surface area contributed by atoms with E-state index in [1.165, 1.54) is 11.1 Å². The van der Waals surface area contributed by atoms with E-state index in [-0.39, 0.29) is 0 Å². The molecule has 0 radical (unpaired) electrons. The molecule has 0 bridgehead atoms. The van der Waals surface area contributed by atoms with Gasteiger partial charge in [-0.3, -0.25) is 0 Å². The second-order valence-electron chi connectivity index (χ2n) is 5.70. The average Bonchev–Trinajstić information content (AvgIpc) is 2.92. The number of hydrogen-bond acceptors (Lipinski definition) is 4. The Kier molecular flexibility index (Phi) is 3.04. The summed E-state index contributed by atoms with van der Waals surface area (Å²) in [4.78, 5) is 6.81. The van der Waals surface area contributed by atoms with Gasteiger partial charge in [0.1, 0.15) is 0 Å². The van der Waals surface area contributed by atoms with Crippen molar-refractivity contribution in [2.45, 2.75) is 19.9 Å². The third kappa shape index (κ3) is 1.96. The lowest BCUT2D eigenvalue weighted by Gasteiger charge is -2.31. The van der Waals surface area contributed by atoms with Crippen LogP contribution in [0.15, 0.2) is 24.4 Å². The van der Waals surface area contributed by atoms with Gasteiger partial charge in [-0.15, -0.1) is 5.10 Å². The highest BCUT2D eigenvalue weighted by Crippen LogP contribution is 2.31. The number of anilines is 1. The number of fused-ring (bicyclic) bond motifs is 2. The normalized spacial score (nSPS) is 14.4. The summed E-state index contributed by atoms with van der Waals surface area (Å²) in [6.45, 7) is 3.82. The minimum atomic E-state index is 0.810. The number of pyridine rings is 1. The van der Waals surface area contributed by atoms with Gasteiger partial charge in [0.15, 0.2) is 11.3 Å². The Morgan fingerprint density at radius 2 is 2.09 bits per heavy atom. The first-order valence-corrected chi connectivity index (χ1v) is 7.69. The van der Waals surface area contributed by atoms with Gasteiger partial charge in [-0.1, -0.05) is 22.9 Å². The molecule has 0 N–H and O–H groups in total. The molecule has 1 aliphatic heterocycles. The van der Waals surface area contributed by atoms with Gasteiger partial charge < -0.3 is 4.90 Å². The van der Waals surface area contributed by atoms with Crippen LogP contribution < -0.4 is 4.90 Å². The van der Waals surface area contributed by atoms with E-state index in [4.69, 9.17) is 11.6 Å². The molecule has 3 aromatic rings. The third-order valence-electron chi connectivity index (χ3n) is 4.44. The molecule has 0 unspecified atom stereocenters. The molecule has 22 heavy (non-hydrogen) atoms. The maximum absolute atomic E-state index is 6.28. The van der Waals surface area contributed by atoms with Crippen molar-refractivity contribution in [2.75, 3.05) is 11.4 Å². The predicted octanol–water partition coefficient (Wildman–Crippen LogP) is 2.89. The lowest BCUT2D eigenvalue weighted by atomic mass is 9.95. The van der Waals surface area contributed by atoms with Crippen molar-refractivity contribution in [1.82, 2.24) is 20.0 Å². The first-order chi connectivity index (χ1) is 10.6. The number of hydrogen-bond donors (Lipinski definition) is 0. The summed E-state index contributed by atoms with van der Waals surface area (Å²) in [7, 11) is 1.90. The van der Waals surface area contributed by atoms with Crippen molar-refractivity contribution in [1.29, 1.82) is 0 Å². The Morgan fingerprint density at radius 1 is 1.23 bits per heavy atom. The van der Waals surface area contributed by atoms with Crippen molar-refractivity contribution in [3.8, 4) is 0 Å². The maximum Gasteiger partial charge on any atom is 0.159 e. The van der Waals surface area contributed by atoms with E-state index < -0.39 is 0 Å². The zero-order valence-corrected chi connectivity index (χ0v) is 13.3. The molecule has 1 aliphatic rings. The fourth-order valence-electron chi connectivity index (χ4n) is 3.13. The lowest BCUT2D eigenvalue weighted by Crippen LogP contribution is -2.31. The van der Waals surface area contributed by atoms with Crippen molar-refractivity contribution in [2.24, 2.45) is 7.05 Å². The lowest BCUT2D eigenvalue weighted by molar-refractivity contribution is 0.718. The van der Waals surface area contributed by atoms with Crippen molar-refractivity contribution in [3.63, 3.8) is 0 Å². The maximum atomic E-state index is 6.28. The molecule has 3 heterocycles. The van der Waals surface area contributed by atoms with Crippen LogP contribution in [-0.4, -0.2) is 26.5 Å². The SMILES string of the molecule is Cc1c(Cl)ccc2c1CN(c1nccc3c1nnn3C)CC2. The Labute approximate surface area is 133 Å². The molecular weight excluding hydrogens is 298 g/mol. The van der Waals surface area contributed by atoms with E-state index in [1.807, 2.05) is 25.4 Å². The van der Waals surface area contributed by atoms with Crippen LogP contribution in [0.25, 0.3) is 11.0 Å². The quantitative estimate of drug-likeness (QED) is 0.693. The first kappa shape index (κ1) is 13.5. The van der Waals surface area contributed by atoms with Gasteiger partial charge in [0, 0.05) is 31.4 Å². The molecule has 0 atom stereocenters. The van der Waals surface area contributed by atoms with Crippen LogP contribution in [0, 0.1) is 6.92 Å². The predicted molar refractivity (Wildman–Crippen MR) is 87.2 cm³/mol. The summed E-state index contributed by atoms with van der Waals surface area (Å²) in [6.07, 6.45) is 2.81. The molecule has 4 rings (SSSR count). The van der Waals surface area contributed by atoms with Gasteiger partial charge in [0.2, 0.25) is 0 Å². The molecule has 1 aromatic carbocycles. The number of aryl methyl sites for hydroxylation is 1. The molecule has 5 nitrogen and oxygen atoms in total. The van der Waals surface area contributed by atoms with Gasteiger partial charge >= 0.3 is 0 Å². The minimum absolute atomic E-state index is 0.810. The van der Waals surface area contributed by atoms with Crippen LogP contribution >= 0.6 is 11.6 Å². The van der Waals surface area contributed by atoms with Gasteiger partial charge in [0.05, 0.1) is 5.52 Å². The molecule has 0 aliphatic carbocycles. The minimum Gasteiger partial charge on any atom is -0.350 e. The number of aromatic nitrogens is 4. The van der Waals surface area contributed by atoms with Crippen molar-refractivity contribution in [3.05, 3.63) is 46.1 Å². The topological polar surface area (TPSA) is 46.8 Å². The zero-order chi connectivity index (χ0) is 15.3. The molecule has 0 fully saturated rings. The fraction of sp³-hybridized carbons (Fsp3) is 0.312. The zero-order valence-electron chi connectivity index (χ0n) is 12.5.